The number of thiophene rings is 1. The van der Waals surface area contributed by atoms with Gasteiger partial charge in [0.1, 0.15) is 17.9 Å². The van der Waals surface area contributed by atoms with E-state index in [2.05, 4.69) is 30.1 Å². The van der Waals surface area contributed by atoms with E-state index in [9.17, 15) is 9.18 Å². The van der Waals surface area contributed by atoms with Gasteiger partial charge in [0.25, 0.3) is 0 Å². The average molecular weight is 404 g/mol. The predicted octanol–water partition coefficient (Wildman–Crippen LogP) is 4.18. The number of rotatable bonds is 4. The Morgan fingerprint density at radius 3 is 2.85 bits per heavy atom. The summed E-state index contributed by atoms with van der Waals surface area (Å²) in [6.07, 6.45) is 1.70. The van der Waals surface area contributed by atoms with Crippen molar-refractivity contribution in [3.05, 3.63) is 51.7 Å². The standard InChI is InChI=1S/C20H22FN3OS2/c1-19(2)18(22)23-20(11-26-19)8-13-7-16(27-17(13)20)24(3)9-14-6-15(21)5-4-12(14)10-25/h4-7,10H,8-9,11H2,1-3H3,(H2,22,23)/t20-/m0/s1. The lowest BCUT2D eigenvalue weighted by molar-refractivity contribution is 0.112. The number of hydrogen-bond acceptors (Lipinski definition) is 5. The van der Waals surface area contributed by atoms with Gasteiger partial charge in [-0.15, -0.1) is 23.1 Å². The molecule has 0 bridgehead atoms. The molecule has 1 aliphatic carbocycles. The summed E-state index contributed by atoms with van der Waals surface area (Å²) in [6.45, 7) is 4.64. The van der Waals surface area contributed by atoms with Gasteiger partial charge < -0.3 is 10.2 Å². The summed E-state index contributed by atoms with van der Waals surface area (Å²) in [6, 6.07) is 6.45. The number of nitrogens with one attached hydrogen (secondary N) is 2. The van der Waals surface area contributed by atoms with Crippen LogP contribution in [0.1, 0.15) is 40.2 Å². The van der Waals surface area contributed by atoms with Crippen LogP contribution in [-0.4, -0.2) is 29.7 Å². The van der Waals surface area contributed by atoms with Crippen LogP contribution >= 0.6 is 23.1 Å². The molecule has 2 heterocycles. The quantitative estimate of drug-likeness (QED) is 0.752. The van der Waals surface area contributed by atoms with Crippen LogP contribution in [-0.2, 0) is 18.5 Å². The molecule has 1 saturated heterocycles. The van der Waals surface area contributed by atoms with Gasteiger partial charge in [0.05, 0.1) is 15.3 Å². The number of halogens is 1. The number of anilines is 1. The molecule has 1 aromatic carbocycles. The lowest BCUT2D eigenvalue weighted by Gasteiger charge is -2.49. The van der Waals surface area contributed by atoms with Crippen molar-refractivity contribution in [3.8, 4) is 0 Å². The molecule has 1 spiro atoms. The minimum absolute atomic E-state index is 0.122. The molecule has 1 aliphatic heterocycles. The van der Waals surface area contributed by atoms with Crippen molar-refractivity contribution in [2.45, 2.75) is 37.1 Å². The van der Waals surface area contributed by atoms with Crippen molar-refractivity contribution in [2.75, 3.05) is 17.7 Å². The summed E-state index contributed by atoms with van der Waals surface area (Å²) in [5.74, 6) is 1.21. The molecule has 4 rings (SSSR count). The van der Waals surface area contributed by atoms with Gasteiger partial charge >= 0.3 is 0 Å². The highest BCUT2D eigenvalue weighted by atomic mass is 32.2. The summed E-state index contributed by atoms with van der Waals surface area (Å²) in [7, 11) is 1.96. The third kappa shape index (κ3) is 3.06. The number of thioether (sulfide) groups is 1. The average Bonchev–Trinajstić information content (AvgIpc) is 2.96. The second kappa shape index (κ2) is 6.34. The van der Waals surface area contributed by atoms with Gasteiger partial charge in [0, 0.05) is 36.2 Å². The van der Waals surface area contributed by atoms with Crippen molar-refractivity contribution in [1.82, 2.24) is 5.32 Å². The molecule has 1 fully saturated rings. The van der Waals surface area contributed by atoms with Gasteiger partial charge in [-0.2, -0.15) is 0 Å². The normalized spacial score (nSPS) is 22.7. The number of benzene rings is 1. The number of carbonyl (C=O) groups is 1. The molecule has 0 unspecified atom stereocenters. The van der Waals surface area contributed by atoms with Crippen molar-refractivity contribution in [3.63, 3.8) is 0 Å². The Morgan fingerprint density at radius 2 is 2.15 bits per heavy atom. The number of fused-ring (bicyclic) bond motifs is 2. The molecule has 1 atom stereocenters. The zero-order valence-corrected chi connectivity index (χ0v) is 17.2. The monoisotopic (exact) mass is 403 g/mol. The number of carbonyl (C=O) groups excluding carboxylic acids is 1. The highest BCUT2D eigenvalue weighted by molar-refractivity contribution is 8.01. The smallest absolute Gasteiger partial charge is 0.150 e. The van der Waals surface area contributed by atoms with E-state index in [-0.39, 0.29) is 16.1 Å². The van der Waals surface area contributed by atoms with Crippen LogP contribution in [0.5, 0.6) is 0 Å². The Labute approximate surface area is 166 Å². The Kier molecular flexibility index (Phi) is 4.35. The second-order valence-corrected chi connectivity index (χ2v) is 10.4. The van der Waals surface area contributed by atoms with Crippen LogP contribution in [0, 0.1) is 11.2 Å². The Hall–Kier alpha value is -1.86. The van der Waals surface area contributed by atoms with Crippen molar-refractivity contribution < 1.29 is 9.18 Å². The van der Waals surface area contributed by atoms with Crippen molar-refractivity contribution in [2.24, 2.45) is 0 Å². The highest BCUT2D eigenvalue weighted by Gasteiger charge is 2.51. The first-order valence-electron chi connectivity index (χ1n) is 8.83. The summed E-state index contributed by atoms with van der Waals surface area (Å²) >= 11 is 3.55. The third-order valence-corrected chi connectivity index (χ3v) is 8.44. The Bertz CT molecular complexity index is 939. The van der Waals surface area contributed by atoms with E-state index in [1.807, 2.05) is 18.8 Å². The van der Waals surface area contributed by atoms with Crippen LogP contribution in [0.3, 0.4) is 0 Å². The molecule has 0 radical (unpaired) electrons. The zero-order chi connectivity index (χ0) is 19.4. The third-order valence-electron chi connectivity index (χ3n) is 5.38. The molecular formula is C20H22FN3OS2. The van der Waals surface area contributed by atoms with E-state index < -0.39 is 0 Å². The molecule has 0 amide bonds. The van der Waals surface area contributed by atoms with Crippen molar-refractivity contribution >= 4 is 40.2 Å². The van der Waals surface area contributed by atoms with E-state index in [1.54, 1.807) is 11.3 Å². The maximum absolute atomic E-state index is 13.6. The number of hydrogen-bond donors (Lipinski definition) is 2. The van der Waals surface area contributed by atoms with E-state index in [4.69, 9.17) is 5.41 Å². The van der Waals surface area contributed by atoms with Gasteiger partial charge in [0.15, 0.2) is 0 Å². The van der Waals surface area contributed by atoms with E-state index in [1.165, 1.54) is 28.6 Å². The maximum atomic E-state index is 13.6. The summed E-state index contributed by atoms with van der Waals surface area (Å²) in [5.41, 5.74) is 2.40. The number of aldehydes is 1. The van der Waals surface area contributed by atoms with Gasteiger partial charge in [-0.05, 0) is 49.2 Å². The fourth-order valence-electron chi connectivity index (χ4n) is 3.62. The van der Waals surface area contributed by atoms with E-state index in [0.29, 0.717) is 23.5 Å². The summed E-state index contributed by atoms with van der Waals surface area (Å²) in [5, 5.41) is 12.9. The molecule has 0 saturated carbocycles. The molecule has 2 aliphatic rings. The molecular weight excluding hydrogens is 381 g/mol. The lowest BCUT2D eigenvalue weighted by Crippen LogP contribution is -2.62. The lowest BCUT2D eigenvalue weighted by atomic mass is 9.78. The first kappa shape index (κ1) is 18.5. The fourth-order valence-corrected chi connectivity index (χ4v) is 6.11. The van der Waals surface area contributed by atoms with Crippen LogP contribution in [0.15, 0.2) is 24.3 Å². The molecule has 7 heteroatoms. The predicted molar refractivity (Wildman–Crippen MR) is 111 cm³/mol. The van der Waals surface area contributed by atoms with Gasteiger partial charge in [-0.1, -0.05) is 0 Å². The summed E-state index contributed by atoms with van der Waals surface area (Å²) in [4.78, 5) is 14.6. The largest absolute Gasteiger partial charge is 0.362 e. The van der Waals surface area contributed by atoms with Gasteiger partial charge in [0.2, 0.25) is 0 Å². The van der Waals surface area contributed by atoms with Crippen molar-refractivity contribution in [1.29, 1.82) is 5.41 Å². The van der Waals surface area contributed by atoms with Gasteiger partial charge in [-0.25, -0.2) is 4.39 Å². The van der Waals surface area contributed by atoms with Crippen LogP contribution < -0.4 is 10.2 Å². The molecule has 27 heavy (non-hydrogen) atoms. The minimum atomic E-state index is -0.329. The zero-order valence-electron chi connectivity index (χ0n) is 15.6. The SMILES string of the molecule is CN(Cc1cc(F)ccc1C=O)c1cc2c(s1)[C@@]1(CSC(C)(C)C(=N)N1)C2. The number of nitrogens with zero attached hydrogens (tertiary/aromatic N) is 1. The van der Waals surface area contributed by atoms with E-state index in [0.717, 1.165) is 23.5 Å². The fraction of sp³-hybridized carbons (Fsp3) is 0.400. The first-order valence-corrected chi connectivity index (χ1v) is 10.6. The Balaban J connectivity index is 1.55. The van der Waals surface area contributed by atoms with Crippen LogP contribution in [0.4, 0.5) is 9.39 Å². The van der Waals surface area contributed by atoms with Crippen LogP contribution in [0.2, 0.25) is 0 Å². The van der Waals surface area contributed by atoms with E-state index >= 15 is 0 Å². The minimum Gasteiger partial charge on any atom is -0.362 e. The maximum Gasteiger partial charge on any atom is 0.150 e. The topological polar surface area (TPSA) is 56.2 Å². The second-order valence-electron chi connectivity index (χ2n) is 7.81. The first-order chi connectivity index (χ1) is 12.7. The molecule has 2 aromatic rings. The Morgan fingerprint density at radius 1 is 1.37 bits per heavy atom. The molecule has 2 N–H and O–H groups in total. The molecule has 1 aromatic heterocycles. The molecule has 142 valence electrons. The summed E-state index contributed by atoms with van der Waals surface area (Å²) < 4.78 is 13.4. The highest BCUT2D eigenvalue weighted by Crippen LogP contribution is 2.52. The number of amidine groups is 1. The molecule has 4 nitrogen and oxygen atoms in total. The van der Waals surface area contributed by atoms with Gasteiger partial charge in [-0.3, -0.25) is 10.2 Å². The van der Waals surface area contributed by atoms with Crippen LogP contribution in [0.25, 0.3) is 0 Å².